The van der Waals surface area contributed by atoms with Gasteiger partial charge < -0.3 is 10.6 Å². The van der Waals surface area contributed by atoms with Crippen molar-refractivity contribution in [2.75, 3.05) is 10.6 Å². The molecule has 0 atom stereocenters. The molecular weight excluding hydrogens is 336 g/mol. The molecular formula is C22H24N4O. The van der Waals surface area contributed by atoms with E-state index in [2.05, 4.69) is 46.6 Å². The number of rotatable bonds is 7. The molecule has 0 aliphatic heterocycles. The summed E-state index contributed by atoms with van der Waals surface area (Å²) in [5, 5.41) is 6.38. The van der Waals surface area contributed by atoms with Crippen molar-refractivity contribution >= 4 is 17.3 Å². The fourth-order valence-electron chi connectivity index (χ4n) is 2.95. The van der Waals surface area contributed by atoms with Gasteiger partial charge in [0.15, 0.2) is 0 Å². The standard InChI is InChI=1S/C22H24N4O/c1-3-17-6-5-7-18(4-2)21(17)26-22(27)19-12-20(15-24-14-19)25-13-16-8-10-23-11-9-16/h5-12,14-15,25H,3-4,13H2,1-2H3,(H,26,27). The molecule has 138 valence electrons. The molecule has 27 heavy (non-hydrogen) atoms. The maximum atomic E-state index is 12.8. The lowest BCUT2D eigenvalue weighted by Crippen LogP contribution is -2.15. The van der Waals surface area contributed by atoms with Crippen LogP contribution in [-0.4, -0.2) is 15.9 Å². The van der Waals surface area contributed by atoms with Crippen molar-refractivity contribution in [3.63, 3.8) is 0 Å². The molecule has 3 aromatic rings. The van der Waals surface area contributed by atoms with E-state index in [9.17, 15) is 4.79 Å². The summed E-state index contributed by atoms with van der Waals surface area (Å²) in [5.41, 5.74) is 5.65. The number of anilines is 2. The smallest absolute Gasteiger partial charge is 0.257 e. The normalized spacial score (nSPS) is 10.4. The molecule has 2 N–H and O–H groups in total. The monoisotopic (exact) mass is 360 g/mol. The van der Waals surface area contributed by atoms with Gasteiger partial charge in [0.25, 0.3) is 5.91 Å². The number of carbonyl (C=O) groups excluding carboxylic acids is 1. The molecule has 0 aliphatic rings. The van der Waals surface area contributed by atoms with E-state index in [1.165, 1.54) is 0 Å². The Morgan fingerprint density at radius 1 is 0.963 bits per heavy atom. The Kier molecular flexibility index (Phi) is 6.15. The zero-order chi connectivity index (χ0) is 19.1. The van der Waals surface area contributed by atoms with Crippen LogP contribution in [0.3, 0.4) is 0 Å². The number of amides is 1. The summed E-state index contributed by atoms with van der Waals surface area (Å²) >= 11 is 0. The minimum atomic E-state index is -0.148. The molecule has 1 aromatic carbocycles. The summed E-state index contributed by atoms with van der Waals surface area (Å²) in [6.07, 6.45) is 8.57. The molecule has 2 aromatic heterocycles. The number of aromatic nitrogens is 2. The van der Waals surface area contributed by atoms with Crippen LogP contribution in [0.4, 0.5) is 11.4 Å². The molecule has 0 saturated carbocycles. The Hall–Kier alpha value is -3.21. The van der Waals surface area contributed by atoms with E-state index in [0.717, 1.165) is 40.9 Å². The van der Waals surface area contributed by atoms with Crippen LogP contribution in [0.25, 0.3) is 0 Å². The second-order valence-corrected chi connectivity index (χ2v) is 6.28. The van der Waals surface area contributed by atoms with Crippen molar-refractivity contribution in [1.82, 2.24) is 9.97 Å². The second-order valence-electron chi connectivity index (χ2n) is 6.28. The maximum Gasteiger partial charge on any atom is 0.257 e. The molecule has 5 nitrogen and oxygen atoms in total. The minimum Gasteiger partial charge on any atom is -0.380 e. The van der Waals surface area contributed by atoms with E-state index >= 15 is 0 Å². The number of carbonyl (C=O) groups is 1. The van der Waals surface area contributed by atoms with Crippen LogP contribution >= 0.6 is 0 Å². The third-order valence-electron chi connectivity index (χ3n) is 4.48. The highest BCUT2D eigenvalue weighted by Crippen LogP contribution is 2.23. The highest BCUT2D eigenvalue weighted by Gasteiger charge is 2.12. The second kappa shape index (κ2) is 8.94. The fourth-order valence-corrected chi connectivity index (χ4v) is 2.95. The first-order valence-corrected chi connectivity index (χ1v) is 9.21. The quantitative estimate of drug-likeness (QED) is 0.652. The van der Waals surface area contributed by atoms with Gasteiger partial charge in [-0.3, -0.25) is 14.8 Å². The van der Waals surface area contributed by atoms with Crippen LogP contribution in [0.5, 0.6) is 0 Å². The first kappa shape index (κ1) is 18.6. The lowest BCUT2D eigenvalue weighted by Gasteiger charge is -2.15. The van der Waals surface area contributed by atoms with Crippen molar-refractivity contribution in [3.05, 3.63) is 83.4 Å². The molecule has 0 bridgehead atoms. The molecule has 0 spiro atoms. The zero-order valence-electron chi connectivity index (χ0n) is 15.7. The Morgan fingerprint density at radius 3 is 2.33 bits per heavy atom. The van der Waals surface area contributed by atoms with Crippen LogP contribution in [0.15, 0.2) is 61.2 Å². The van der Waals surface area contributed by atoms with Crippen LogP contribution in [0.1, 0.15) is 40.9 Å². The number of pyridine rings is 2. The van der Waals surface area contributed by atoms with E-state index in [-0.39, 0.29) is 5.91 Å². The highest BCUT2D eigenvalue weighted by molar-refractivity contribution is 6.05. The van der Waals surface area contributed by atoms with Crippen molar-refractivity contribution in [1.29, 1.82) is 0 Å². The van der Waals surface area contributed by atoms with Gasteiger partial charge in [-0.25, -0.2) is 0 Å². The summed E-state index contributed by atoms with van der Waals surface area (Å²) in [6, 6.07) is 11.9. The number of aryl methyl sites for hydroxylation is 2. The number of para-hydroxylation sites is 1. The number of hydrogen-bond acceptors (Lipinski definition) is 4. The Bertz CT molecular complexity index is 887. The van der Waals surface area contributed by atoms with Gasteiger partial charge in [0.1, 0.15) is 0 Å². The summed E-state index contributed by atoms with van der Waals surface area (Å²) in [5.74, 6) is -0.148. The van der Waals surface area contributed by atoms with Gasteiger partial charge >= 0.3 is 0 Å². The van der Waals surface area contributed by atoms with E-state index in [1.807, 2.05) is 24.3 Å². The van der Waals surface area contributed by atoms with Crippen molar-refractivity contribution in [3.8, 4) is 0 Å². The zero-order valence-corrected chi connectivity index (χ0v) is 15.7. The number of nitrogens with one attached hydrogen (secondary N) is 2. The summed E-state index contributed by atoms with van der Waals surface area (Å²) in [6.45, 7) is 4.83. The average molecular weight is 360 g/mol. The third-order valence-corrected chi connectivity index (χ3v) is 4.48. The maximum absolute atomic E-state index is 12.8. The Labute approximate surface area is 159 Å². The van der Waals surface area contributed by atoms with Crippen LogP contribution in [0, 0.1) is 0 Å². The summed E-state index contributed by atoms with van der Waals surface area (Å²) in [4.78, 5) is 21.0. The SMILES string of the molecule is CCc1cccc(CC)c1NC(=O)c1cncc(NCc2ccncc2)c1. The molecule has 0 saturated heterocycles. The molecule has 5 heteroatoms. The van der Waals surface area contributed by atoms with Crippen LogP contribution in [0.2, 0.25) is 0 Å². The Balaban J connectivity index is 1.74. The number of benzene rings is 1. The first-order chi connectivity index (χ1) is 13.2. The third kappa shape index (κ3) is 4.70. The molecule has 0 unspecified atom stereocenters. The molecule has 0 fully saturated rings. The predicted octanol–water partition coefficient (Wildman–Crippen LogP) is 4.47. The minimum absolute atomic E-state index is 0.148. The van der Waals surface area contributed by atoms with Gasteiger partial charge in [-0.05, 0) is 47.7 Å². The van der Waals surface area contributed by atoms with Crippen LogP contribution < -0.4 is 10.6 Å². The fraction of sp³-hybridized carbons (Fsp3) is 0.227. The van der Waals surface area contributed by atoms with Gasteiger partial charge in [-0.15, -0.1) is 0 Å². The molecule has 1 amide bonds. The van der Waals surface area contributed by atoms with Crippen molar-refractivity contribution < 1.29 is 4.79 Å². The lowest BCUT2D eigenvalue weighted by atomic mass is 10.0. The number of nitrogens with zero attached hydrogens (tertiary/aromatic N) is 2. The van der Waals surface area contributed by atoms with Crippen LogP contribution in [-0.2, 0) is 19.4 Å². The number of hydrogen-bond donors (Lipinski definition) is 2. The molecule has 3 rings (SSSR count). The van der Waals surface area contributed by atoms with Gasteiger partial charge in [0.2, 0.25) is 0 Å². The summed E-state index contributed by atoms with van der Waals surface area (Å²) in [7, 11) is 0. The van der Waals surface area contributed by atoms with Crippen molar-refractivity contribution in [2.24, 2.45) is 0 Å². The molecule has 2 heterocycles. The van der Waals surface area contributed by atoms with E-state index in [4.69, 9.17) is 0 Å². The van der Waals surface area contributed by atoms with Gasteiger partial charge in [0.05, 0.1) is 11.3 Å². The molecule has 0 radical (unpaired) electrons. The van der Waals surface area contributed by atoms with E-state index < -0.39 is 0 Å². The van der Waals surface area contributed by atoms with E-state index in [1.54, 1.807) is 24.8 Å². The van der Waals surface area contributed by atoms with Gasteiger partial charge in [-0.1, -0.05) is 32.0 Å². The molecule has 0 aliphatic carbocycles. The Morgan fingerprint density at radius 2 is 1.67 bits per heavy atom. The van der Waals surface area contributed by atoms with Gasteiger partial charge in [-0.2, -0.15) is 0 Å². The van der Waals surface area contributed by atoms with Gasteiger partial charge in [0, 0.05) is 37.0 Å². The first-order valence-electron chi connectivity index (χ1n) is 9.21. The highest BCUT2D eigenvalue weighted by atomic mass is 16.1. The average Bonchev–Trinajstić information content (AvgIpc) is 2.73. The largest absolute Gasteiger partial charge is 0.380 e. The summed E-state index contributed by atoms with van der Waals surface area (Å²) < 4.78 is 0. The van der Waals surface area contributed by atoms with Crippen molar-refractivity contribution in [2.45, 2.75) is 33.2 Å². The predicted molar refractivity (Wildman–Crippen MR) is 109 cm³/mol. The topological polar surface area (TPSA) is 66.9 Å². The van der Waals surface area contributed by atoms with E-state index in [0.29, 0.717) is 12.1 Å². The lowest BCUT2D eigenvalue weighted by molar-refractivity contribution is 0.102.